The summed E-state index contributed by atoms with van der Waals surface area (Å²) in [6.45, 7) is 3.94. The van der Waals surface area contributed by atoms with Crippen molar-refractivity contribution in [1.29, 1.82) is 0 Å². The van der Waals surface area contributed by atoms with E-state index in [1.165, 1.54) is 12.8 Å². The zero-order chi connectivity index (χ0) is 13.8. The molecule has 1 fully saturated rings. The van der Waals surface area contributed by atoms with Crippen LogP contribution in [0.3, 0.4) is 0 Å². The molecule has 1 aliphatic heterocycles. The van der Waals surface area contributed by atoms with E-state index in [9.17, 15) is 5.11 Å². The number of benzene rings is 1. The van der Waals surface area contributed by atoms with Gasteiger partial charge in [0.1, 0.15) is 11.5 Å². The molecule has 0 aliphatic carbocycles. The van der Waals surface area contributed by atoms with E-state index in [0.29, 0.717) is 18.3 Å². The largest absolute Gasteiger partial charge is 0.497 e. The monoisotopic (exact) mass is 265 g/mol. The number of likely N-dealkylation sites (tertiary alicyclic amines) is 1. The smallest absolute Gasteiger partial charge is 0.128 e. The van der Waals surface area contributed by atoms with Gasteiger partial charge in [-0.15, -0.1) is 0 Å². The third kappa shape index (κ3) is 3.19. The van der Waals surface area contributed by atoms with E-state index in [2.05, 4.69) is 11.8 Å². The van der Waals surface area contributed by atoms with Gasteiger partial charge in [0.25, 0.3) is 0 Å². The second kappa shape index (κ2) is 6.26. The lowest BCUT2D eigenvalue weighted by atomic mass is 10.1. The number of β-amino-alcohol motifs (C(OH)–C–C–N with tert-alkyl or cyclic N) is 1. The maximum absolute atomic E-state index is 10.4. The van der Waals surface area contributed by atoms with Gasteiger partial charge in [-0.2, -0.15) is 0 Å². The molecule has 4 nitrogen and oxygen atoms in total. The average Bonchev–Trinajstić information content (AvgIpc) is 2.83. The summed E-state index contributed by atoms with van der Waals surface area (Å²) in [6, 6.07) is 6.10. The highest BCUT2D eigenvalue weighted by Crippen LogP contribution is 2.31. The van der Waals surface area contributed by atoms with Crippen molar-refractivity contribution in [2.24, 2.45) is 0 Å². The number of aliphatic hydroxyl groups is 1. The molecule has 1 N–H and O–H groups in total. The quantitative estimate of drug-likeness (QED) is 0.886. The highest BCUT2D eigenvalue weighted by Gasteiger charge is 2.24. The van der Waals surface area contributed by atoms with Crippen LogP contribution in [0.15, 0.2) is 18.2 Å². The van der Waals surface area contributed by atoms with E-state index in [-0.39, 0.29) is 0 Å². The fourth-order valence-electron chi connectivity index (χ4n) is 2.68. The maximum atomic E-state index is 10.4. The van der Waals surface area contributed by atoms with Crippen molar-refractivity contribution in [2.75, 3.05) is 27.3 Å². The average molecular weight is 265 g/mol. The van der Waals surface area contributed by atoms with Crippen LogP contribution >= 0.6 is 0 Å². The summed E-state index contributed by atoms with van der Waals surface area (Å²) in [7, 11) is 3.24. The van der Waals surface area contributed by atoms with Crippen LogP contribution in [0.1, 0.15) is 31.4 Å². The Morgan fingerprint density at radius 3 is 2.74 bits per heavy atom. The van der Waals surface area contributed by atoms with Crippen molar-refractivity contribution in [3.63, 3.8) is 0 Å². The highest BCUT2D eigenvalue weighted by atomic mass is 16.5. The highest BCUT2D eigenvalue weighted by molar-refractivity contribution is 5.42. The second-order valence-electron chi connectivity index (χ2n) is 5.11. The number of nitrogens with zero attached hydrogens (tertiary/aromatic N) is 1. The molecule has 0 amide bonds. The first-order valence-electron chi connectivity index (χ1n) is 6.79. The summed E-state index contributed by atoms with van der Waals surface area (Å²) in [5.41, 5.74) is 0.822. The molecule has 0 saturated carbocycles. The van der Waals surface area contributed by atoms with Gasteiger partial charge in [0, 0.05) is 24.2 Å². The first kappa shape index (κ1) is 14.2. The number of rotatable bonds is 5. The minimum absolute atomic E-state index is 0.526. The van der Waals surface area contributed by atoms with Crippen LogP contribution < -0.4 is 9.47 Å². The van der Waals surface area contributed by atoms with E-state index in [1.54, 1.807) is 14.2 Å². The van der Waals surface area contributed by atoms with E-state index >= 15 is 0 Å². The van der Waals surface area contributed by atoms with Crippen molar-refractivity contribution in [3.05, 3.63) is 23.8 Å². The van der Waals surface area contributed by atoms with Gasteiger partial charge in [0.05, 0.1) is 20.3 Å². The van der Waals surface area contributed by atoms with Gasteiger partial charge >= 0.3 is 0 Å². The fraction of sp³-hybridized carbons (Fsp3) is 0.600. The Hall–Kier alpha value is -1.26. The van der Waals surface area contributed by atoms with Crippen molar-refractivity contribution in [1.82, 2.24) is 4.90 Å². The van der Waals surface area contributed by atoms with Gasteiger partial charge in [-0.05, 0) is 38.4 Å². The number of methoxy groups -OCH3 is 2. The molecule has 4 heteroatoms. The predicted octanol–water partition coefficient (Wildman–Crippen LogP) is 2.22. The van der Waals surface area contributed by atoms with E-state index in [0.717, 1.165) is 17.9 Å². The fourth-order valence-corrected chi connectivity index (χ4v) is 2.68. The Morgan fingerprint density at radius 1 is 1.37 bits per heavy atom. The molecular formula is C15H23NO3. The zero-order valence-electron chi connectivity index (χ0n) is 11.9. The summed E-state index contributed by atoms with van der Waals surface area (Å²) in [5.74, 6) is 1.42. The van der Waals surface area contributed by atoms with Crippen LogP contribution in [0.4, 0.5) is 0 Å². The first-order valence-corrected chi connectivity index (χ1v) is 6.79. The van der Waals surface area contributed by atoms with Gasteiger partial charge < -0.3 is 14.6 Å². The second-order valence-corrected chi connectivity index (χ2v) is 5.11. The molecule has 0 bridgehead atoms. The molecule has 1 heterocycles. The molecular weight excluding hydrogens is 242 g/mol. The van der Waals surface area contributed by atoms with Crippen molar-refractivity contribution < 1.29 is 14.6 Å². The summed E-state index contributed by atoms with van der Waals surface area (Å²) in [5, 5.41) is 10.4. The summed E-state index contributed by atoms with van der Waals surface area (Å²) in [6.07, 6.45) is 1.90. The Balaban J connectivity index is 2.11. The third-order valence-corrected chi connectivity index (χ3v) is 3.90. The van der Waals surface area contributed by atoms with Crippen LogP contribution in [0.25, 0.3) is 0 Å². The van der Waals surface area contributed by atoms with Crippen LogP contribution in [0.5, 0.6) is 11.5 Å². The zero-order valence-corrected chi connectivity index (χ0v) is 11.9. The van der Waals surface area contributed by atoms with E-state index in [4.69, 9.17) is 9.47 Å². The molecule has 106 valence electrons. The SMILES string of the molecule is COc1ccc(C(O)CN2CCCC2C)c(OC)c1. The Bertz CT molecular complexity index is 422. The van der Waals surface area contributed by atoms with Gasteiger partial charge in [-0.3, -0.25) is 4.90 Å². The van der Waals surface area contributed by atoms with Gasteiger partial charge in [0.2, 0.25) is 0 Å². The molecule has 1 aromatic carbocycles. The van der Waals surface area contributed by atoms with Crippen LogP contribution in [-0.4, -0.2) is 43.4 Å². The molecule has 0 spiro atoms. The number of ether oxygens (including phenoxy) is 2. The molecule has 2 atom stereocenters. The van der Waals surface area contributed by atoms with Crippen LogP contribution in [0, 0.1) is 0 Å². The standard InChI is InChI=1S/C15H23NO3/c1-11-5-4-8-16(11)10-14(17)13-7-6-12(18-2)9-15(13)19-3/h6-7,9,11,14,17H,4-5,8,10H2,1-3H3. The number of hydrogen-bond donors (Lipinski definition) is 1. The molecule has 2 unspecified atom stereocenters. The minimum Gasteiger partial charge on any atom is -0.497 e. The lowest BCUT2D eigenvalue weighted by Gasteiger charge is -2.25. The lowest BCUT2D eigenvalue weighted by molar-refractivity contribution is 0.107. The topological polar surface area (TPSA) is 41.9 Å². The molecule has 19 heavy (non-hydrogen) atoms. The predicted molar refractivity (Wildman–Crippen MR) is 74.8 cm³/mol. The van der Waals surface area contributed by atoms with Gasteiger partial charge in [0.15, 0.2) is 0 Å². The summed E-state index contributed by atoms with van der Waals surface area (Å²) >= 11 is 0. The Morgan fingerprint density at radius 2 is 2.16 bits per heavy atom. The number of hydrogen-bond acceptors (Lipinski definition) is 4. The molecule has 1 aromatic rings. The molecule has 0 radical (unpaired) electrons. The van der Waals surface area contributed by atoms with E-state index < -0.39 is 6.10 Å². The van der Waals surface area contributed by atoms with Gasteiger partial charge in [-0.25, -0.2) is 0 Å². The lowest BCUT2D eigenvalue weighted by Crippen LogP contribution is -2.31. The minimum atomic E-state index is -0.526. The van der Waals surface area contributed by atoms with Crippen molar-refractivity contribution in [3.8, 4) is 11.5 Å². The molecule has 1 aliphatic rings. The third-order valence-electron chi connectivity index (χ3n) is 3.90. The van der Waals surface area contributed by atoms with Crippen LogP contribution in [-0.2, 0) is 0 Å². The first-order chi connectivity index (χ1) is 9.15. The van der Waals surface area contributed by atoms with Crippen molar-refractivity contribution in [2.45, 2.75) is 31.9 Å². The Labute approximate surface area is 114 Å². The molecule has 0 aromatic heterocycles. The normalized spacial score (nSPS) is 21.4. The van der Waals surface area contributed by atoms with Gasteiger partial charge in [-0.1, -0.05) is 0 Å². The van der Waals surface area contributed by atoms with Crippen molar-refractivity contribution >= 4 is 0 Å². The summed E-state index contributed by atoms with van der Waals surface area (Å²) in [4.78, 5) is 2.33. The molecule has 1 saturated heterocycles. The number of aliphatic hydroxyl groups excluding tert-OH is 1. The van der Waals surface area contributed by atoms with E-state index in [1.807, 2.05) is 18.2 Å². The maximum Gasteiger partial charge on any atom is 0.128 e. The summed E-state index contributed by atoms with van der Waals surface area (Å²) < 4.78 is 10.5. The Kier molecular flexibility index (Phi) is 4.66. The van der Waals surface area contributed by atoms with Crippen LogP contribution in [0.2, 0.25) is 0 Å². The molecule has 2 rings (SSSR count).